The Bertz CT molecular complexity index is 1130. The van der Waals surface area contributed by atoms with Gasteiger partial charge in [-0.3, -0.25) is 9.47 Å². The maximum atomic E-state index is 10.9. The first-order valence-corrected chi connectivity index (χ1v) is 11.6. The molecule has 9 nitrogen and oxygen atoms in total. The molecule has 0 bridgehead atoms. The quantitative estimate of drug-likeness (QED) is 0.371. The van der Waals surface area contributed by atoms with Gasteiger partial charge in [-0.2, -0.15) is 0 Å². The van der Waals surface area contributed by atoms with Gasteiger partial charge in [-0.1, -0.05) is 23.7 Å². The maximum Gasteiger partial charge on any atom is 0.415 e. The normalized spacial score (nSPS) is 20.1. The number of ether oxygens (including phenoxy) is 2. The number of aromatic nitrogens is 2. The van der Waals surface area contributed by atoms with Crippen molar-refractivity contribution < 1.29 is 14.4 Å². The van der Waals surface area contributed by atoms with Gasteiger partial charge in [0.2, 0.25) is 0 Å². The summed E-state index contributed by atoms with van der Waals surface area (Å²) in [7, 11) is 0. The Morgan fingerprint density at radius 1 is 1.12 bits per heavy atom. The third-order valence-corrected chi connectivity index (χ3v) is 6.45. The molecule has 2 aliphatic rings. The van der Waals surface area contributed by atoms with Gasteiger partial charge in [0.25, 0.3) is 0 Å². The van der Waals surface area contributed by atoms with Gasteiger partial charge < -0.3 is 24.5 Å². The van der Waals surface area contributed by atoms with E-state index in [1.165, 1.54) is 17.4 Å². The monoisotopic (exact) mass is 483 g/mol. The molecule has 3 heterocycles. The van der Waals surface area contributed by atoms with E-state index in [0.29, 0.717) is 13.2 Å². The molecule has 0 spiro atoms. The standard InChI is InChI=1S/C24H26ClN5O4/c1-24(16-29-15-22(30(31)32)26-23(29)34-24)17-33-21-8-2-18(3-9-21)14-27-10-12-28(13-11-27)20-6-4-19(25)5-7-20/h2-9,15H,10-14,16-17H2,1H3/t24-/m1/s1. The molecule has 3 aromatic rings. The second-order valence-electron chi connectivity index (χ2n) is 8.99. The molecule has 0 amide bonds. The lowest BCUT2D eigenvalue weighted by atomic mass is 10.1. The number of nitrogens with zero attached hydrogens (tertiary/aromatic N) is 5. The average molecular weight is 484 g/mol. The average Bonchev–Trinajstić information content (AvgIpc) is 3.35. The zero-order chi connectivity index (χ0) is 23.7. The molecule has 1 aromatic heterocycles. The first kappa shape index (κ1) is 22.5. The summed E-state index contributed by atoms with van der Waals surface area (Å²) >= 11 is 6.00. The van der Waals surface area contributed by atoms with Crippen LogP contribution in [-0.2, 0) is 13.1 Å². The number of hydrogen-bond acceptors (Lipinski definition) is 7. The number of rotatable bonds is 7. The molecule has 178 valence electrons. The van der Waals surface area contributed by atoms with Crippen LogP contribution in [0.15, 0.2) is 54.7 Å². The Hall–Kier alpha value is -3.30. The topological polar surface area (TPSA) is 85.9 Å². The Morgan fingerprint density at radius 3 is 2.47 bits per heavy atom. The van der Waals surface area contributed by atoms with E-state index in [1.807, 2.05) is 31.2 Å². The highest BCUT2D eigenvalue weighted by atomic mass is 35.5. The van der Waals surface area contributed by atoms with Crippen molar-refractivity contribution in [3.8, 4) is 11.8 Å². The van der Waals surface area contributed by atoms with Crippen molar-refractivity contribution in [3.63, 3.8) is 0 Å². The van der Waals surface area contributed by atoms with E-state index in [0.717, 1.165) is 43.5 Å². The molecule has 2 aliphatic heterocycles. The van der Waals surface area contributed by atoms with Crippen LogP contribution in [0.2, 0.25) is 5.02 Å². The summed E-state index contributed by atoms with van der Waals surface area (Å²) in [5, 5.41) is 11.6. The fraction of sp³-hybridized carbons (Fsp3) is 0.375. The van der Waals surface area contributed by atoms with Crippen molar-refractivity contribution in [1.82, 2.24) is 14.5 Å². The van der Waals surface area contributed by atoms with Gasteiger partial charge in [-0.05, 0) is 53.8 Å². The minimum absolute atomic E-state index is 0.208. The Balaban J connectivity index is 1.09. The highest BCUT2D eigenvalue weighted by Crippen LogP contribution is 2.31. The summed E-state index contributed by atoms with van der Waals surface area (Å²) in [5.41, 5.74) is 1.83. The fourth-order valence-corrected chi connectivity index (χ4v) is 4.48. The van der Waals surface area contributed by atoms with Crippen LogP contribution in [-0.4, -0.2) is 57.8 Å². The van der Waals surface area contributed by atoms with Gasteiger partial charge >= 0.3 is 11.8 Å². The van der Waals surface area contributed by atoms with Crippen LogP contribution in [0, 0.1) is 10.1 Å². The molecule has 0 aliphatic carbocycles. The molecule has 0 saturated carbocycles. The second kappa shape index (κ2) is 9.15. The summed E-state index contributed by atoms with van der Waals surface area (Å²) in [6.45, 7) is 7.55. The third kappa shape index (κ3) is 4.95. The summed E-state index contributed by atoms with van der Waals surface area (Å²) in [6.07, 6.45) is 1.39. The van der Waals surface area contributed by atoms with Gasteiger partial charge in [-0.25, -0.2) is 0 Å². The van der Waals surface area contributed by atoms with Crippen LogP contribution in [0.25, 0.3) is 0 Å². The van der Waals surface area contributed by atoms with E-state index < -0.39 is 10.5 Å². The highest BCUT2D eigenvalue weighted by Gasteiger charge is 2.41. The van der Waals surface area contributed by atoms with Gasteiger partial charge in [0.05, 0.1) is 6.54 Å². The number of nitro groups is 1. The summed E-state index contributed by atoms with van der Waals surface area (Å²) in [5.74, 6) is 0.552. The number of imidazole rings is 1. The van der Waals surface area contributed by atoms with Crippen molar-refractivity contribution in [2.24, 2.45) is 0 Å². The van der Waals surface area contributed by atoms with Crippen LogP contribution in [0.1, 0.15) is 12.5 Å². The van der Waals surface area contributed by atoms with Gasteiger partial charge in [0.1, 0.15) is 18.6 Å². The lowest BCUT2D eigenvalue weighted by Gasteiger charge is -2.36. The molecule has 34 heavy (non-hydrogen) atoms. The summed E-state index contributed by atoms with van der Waals surface area (Å²) in [6, 6.07) is 16.4. The van der Waals surface area contributed by atoms with Crippen LogP contribution < -0.4 is 14.4 Å². The van der Waals surface area contributed by atoms with Gasteiger partial charge in [-0.15, -0.1) is 0 Å². The van der Waals surface area contributed by atoms with E-state index in [2.05, 4.69) is 39.0 Å². The molecule has 1 saturated heterocycles. The first-order valence-electron chi connectivity index (χ1n) is 11.2. The molecule has 2 aromatic carbocycles. The zero-order valence-electron chi connectivity index (χ0n) is 18.9. The number of anilines is 1. The zero-order valence-corrected chi connectivity index (χ0v) is 19.6. The third-order valence-electron chi connectivity index (χ3n) is 6.19. The second-order valence-corrected chi connectivity index (χ2v) is 9.43. The number of fused-ring (bicyclic) bond motifs is 1. The Kier molecular flexibility index (Phi) is 6.05. The lowest BCUT2D eigenvalue weighted by molar-refractivity contribution is -0.389. The van der Waals surface area contributed by atoms with Crippen molar-refractivity contribution in [2.45, 2.75) is 25.6 Å². The molecule has 0 N–H and O–H groups in total. The molecule has 1 atom stereocenters. The van der Waals surface area contributed by atoms with E-state index in [-0.39, 0.29) is 11.8 Å². The summed E-state index contributed by atoms with van der Waals surface area (Å²) < 4.78 is 13.4. The minimum atomic E-state index is -0.625. The Labute approximate surface area is 202 Å². The van der Waals surface area contributed by atoms with E-state index >= 15 is 0 Å². The van der Waals surface area contributed by atoms with Crippen LogP contribution in [0.3, 0.4) is 0 Å². The van der Waals surface area contributed by atoms with Crippen molar-refractivity contribution >= 4 is 23.1 Å². The van der Waals surface area contributed by atoms with Crippen LogP contribution in [0.4, 0.5) is 11.5 Å². The SMILES string of the molecule is C[C@]1(COc2ccc(CN3CCN(c4ccc(Cl)cc4)CC3)cc2)Cn2cc([N+](=O)[O-])nc2O1. The van der Waals surface area contributed by atoms with Crippen molar-refractivity contribution in [3.05, 3.63) is 75.4 Å². The molecule has 5 rings (SSSR count). The number of piperazine rings is 1. The number of benzene rings is 2. The molecule has 0 unspecified atom stereocenters. The minimum Gasteiger partial charge on any atom is -0.489 e. The van der Waals surface area contributed by atoms with Crippen LogP contribution in [0.5, 0.6) is 11.8 Å². The predicted octanol–water partition coefficient (Wildman–Crippen LogP) is 4.00. The Morgan fingerprint density at radius 2 is 1.82 bits per heavy atom. The van der Waals surface area contributed by atoms with Crippen molar-refractivity contribution in [1.29, 1.82) is 0 Å². The fourth-order valence-electron chi connectivity index (χ4n) is 4.36. The number of halogens is 1. The predicted molar refractivity (Wildman–Crippen MR) is 129 cm³/mol. The van der Waals surface area contributed by atoms with Gasteiger partial charge in [0, 0.05) is 48.4 Å². The highest BCUT2D eigenvalue weighted by molar-refractivity contribution is 6.30. The van der Waals surface area contributed by atoms with Crippen molar-refractivity contribution in [2.75, 3.05) is 37.7 Å². The molecule has 1 fully saturated rings. The van der Waals surface area contributed by atoms with Gasteiger partial charge in [0.15, 0.2) is 5.60 Å². The smallest absolute Gasteiger partial charge is 0.415 e. The summed E-state index contributed by atoms with van der Waals surface area (Å²) in [4.78, 5) is 19.1. The molecule has 0 radical (unpaired) electrons. The first-order chi connectivity index (χ1) is 16.4. The maximum absolute atomic E-state index is 10.9. The van der Waals surface area contributed by atoms with E-state index in [4.69, 9.17) is 21.1 Å². The van der Waals surface area contributed by atoms with Crippen LogP contribution >= 0.6 is 11.6 Å². The molecule has 10 heteroatoms. The lowest BCUT2D eigenvalue weighted by Crippen LogP contribution is -2.45. The van der Waals surface area contributed by atoms with E-state index in [9.17, 15) is 10.1 Å². The van der Waals surface area contributed by atoms with E-state index in [1.54, 1.807) is 4.57 Å². The number of hydrogen-bond donors (Lipinski definition) is 0. The molecular weight excluding hydrogens is 458 g/mol. The largest absolute Gasteiger partial charge is 0.489 e. The molecular formula is C24H26ClN5O4.